The maximum Gasteiger partial charge on any atom is 0.304 e. The van der Waals surface area contributed by atoms with Crippen molar-refractivity contribution in [3.8, 4) is 0 Å². The van der Waals surface area contributed by atoms with Gasteiger partial charge in [0.1, 0.15) is 5.69 Å². The van der Waals surface area contributed by atoms with Crippen molar-refractivity contribution in [2.24, 2.45) is 0 Å². The number of amides is 1. The van der Waals surface area contributed by atoms with Gasteiger partial charge >= 0.3 is 4.87 Å². The number of thiazole rings is 1. The molecule has 6 nitrogen and oxygen atoms in total. The van der Waals surface area contributed by atoms with Gasteiger partial charge in [0.2, 0.25) is 0 Å². The monoisotopic (exact) mass is 264 g/mol. The van der Waals surface area contributed by atoms with Gasteiger partial charge in [-0.3, -0.25) is 14.6 Å². The smallest absolute Gasteiger partial charge is 0.304 e. The van der Waals surface area contributed by atoms with Crippen LogP contribution in [0.1, 0.15) is 16.2 Å². The molecule has 0 unspecified atom stereocenters. The lowest BCUT2D eigenvalue weighted by Gasteiger charge is -2.06. The summed E-state index contributed by atoms with van der Waals surface area (Å²) >= 11 is 1.12. The maximum absolute atomic E-state index is 11.4. The summed E-state index contributed by atoms with van der Waals surface area (Å²) in [6.07, 6.45) is 1.56. The van der Waals surface area contributed by atoms with Gasteiger partial charge in [-0.15, -0.1) is 0 Å². The molecule has 0 aromatic carbocycles. The number of carbonyl (C=O) groups is 1. The average Bonchev–Trinajstić information content (AvgIpc) is 2.81. The fourth-order valence-electron chi connectivity index (χ4n) is 1.39. The number of pyridine rings is 1. The molecule has 18 heavy (non-hydrogen) atoms. The first kappa shape index (κ1) is 12.3. The molecule has 2 aromatic heterocycles. The summed E-state index contributed by atoms with van der Waals surface area (Å²) in [5.74, 6) is -0.234. The second kappa shape index (κ2) is 5.46. The normalized spacial score (nSPS) is 10.1. The molecule has 0 aliphatic heterocycles. The molecule has 0 spiro atoms. The first-order valence-corrected chi connectivity index (χ1v) is 6.15. The minimum atomic E-state index is -0.234. The molecule has 3 N–H and O–H groups in total. The van der Waals surface area contributed by atoms with E-state index in [0.29, 0.717) is 12.2 Å². The second-order valence-electron chi connectivity index (χ2n) is 3.54. The Labute approximate surface area is 107 Å². The number of hydrogen-bond donors (Lipinski definition) is 3. The molecule has 0 bridgehead atoms. The van der Waals surface area contributed by atoms with Crippen LogP contribution in [0.3, 0.4) is 0 Å². The molecule has 0 aliphatic rings. The summed E-state index contributed by atoms with van der Waals surface area (Å²) in [5.41, 5.74) is 1.93. The van der Waals surface area contributed by atoms with Crippen LogP contribution in [0, 0.1) is 0 Å². The molecule has 2 heterocycles. The molecular weight excluding hydrogens is 252 g/mol. The third-order valence-corrected chi connectivity index (χ3v) is 2.99. The van der Waals surface area contributed by atoms with Crippen LogP contribution in [0.4, 0.5) is 5.69 Å². The summed E-state index contributed by atoms with van der Waals surface area (Å²) in [5, 5.41) is 7.38. The molecule has 7 heteroatoms. The molecule has 1 amide bonds. The predicted molar refractivity (Wildman–Crippen MR) is 69.9 cm³/mol. The molecule has 0 atom stereocenters. The van der Waals surface area contributed by atoms with Gasteiger partial charge < -0.3 is 15.6 Å². The number of aromatic amines is 1. The maximum atomic E-state index is 11.4. The number of rotatable bonds is 4. The van der Waals surface area contributed by atoms with Crippen LogP contribution < -0.4 is 15.5 Å². The molecule has 2 aromatic rings. The third-order valence-electron chi connectivity index (χ3n) is 2.27. The summed E-state index contributed by atoms with van der Waals surface area (Å²) < 4.78 is 0. The Bertz CT molecular complexity index is 605. The first-order chi connectivity index (χ1) is 8.69. The molecule has 0 aliphatic carbocycles. The Morgan fingerprint density at radius 1 is 1.56 bits per heavy atom. The van der Waals surface area contributed by atoms with Crippen molar-refractivity contribution in [1.29, 1.82) is 0 Å². The lowest BCUT2D eigenvalue weighted by atomic mass is 10.3. The first-order valence-electron chi connectivity index (χ1n) is 5.28. The number of nitrogens with zero attached hydrogens (tertiary/aromatic N) is 1. The lowest BCUT2D eigenvalue weighted by Crippen LogP contribution is -2.19. The fraction of sp³-hybridized carbons (Fsp3) is 0.182. The Kier molecular flexibility index (Phi) is 3.73. The average molecular weight is 264 g/mol. The van der Waals surface area contributed by atoms with Gasteiger partial charge in [-0.25, -0.2) is 0 Å². The van der Waals surface area contributed by atoms with Crippen molar-refractivity contribution in [1.82, 2.24) is 15.3 Å². The Morgan fingerprint density at radius 2 is 2.39 bits per heavy atom. The van der Waals surface area contributed by atoms with Gasteiger partial charge in [0.15, 0.2) is 0 Å². The summed E-state index contributed by atoms with van der Waals surface area (Å²) in [6.45, 7) is 0.496. The molecule has 2 rings (SSSR count). The summed E-state index contributed by atoms with van der Waals surface area (Å²) in [6, 6.07) is 3.42. The second-order valence-corrected chi connectivity index (χ2v) is 4.38. The third kappa shape index (κ3) is 2.95. The van der Waals surface area contributed by atoms with Crippen LogP contribution in [-0.2, 0) is 6.54 Å². The van der Waals surface area contributed by atoms with E-state index in [1.54, 1.807) is 30.8 Å². The van der Waals surface area contributed by atoms with Crippen LogP contribution in [0.15, 0.2) is 28.5 Å². The van der Waals surface area contributed by atoms with Crippen molar-refractivity contribution in [3.63, 3.8) is 0 Å². The molecule has 94 valence electrons. The van der Waals surface area contributed by atoms with Crippen LogP contribution in [-0.4, -0.2) is 22.9 Å². The van der Waals surface area contributed by atoms with E-state index in [-0.39, 0.29) is 10.8 Å². The van der Waals surface area contributed by atoms with Crippen LogP contribution in [0.2, 0.25) is 0 Å². The topological polar surface area (TPSA) is 86.9 Å². The largest absolute Gasteiger partial charge is 0.379 e. The highest BCUT2D eigenvalue weighted by Gasteiger charge is 2.05. The zero-order valence-electron chi connectivity index (χ0n) is 9.69. The molecule has 0 radical (unpaired) electrons. The summed E-state index contributed by atoms with van der Waals surface area (Å²) in [7, 11) is 1.56. The van der Waals surface area contributed by atoms with E-state index >= 15 is 0 Å². The number of anilines is 1. The number of aromatic nitrogens is 2. The molecule has 0 fully saturated rings. The highest BCUT2D eigenvalue weighted by molar-refractivity contribution is 7.07. The van der Waals surface area contributed by atoms with E-state index in [4.69, 9.17) is 0 Å². The van der Waals surface area contributed by atoms with E-state index in [2.05, 4.69) is 20.6 Å². The van der Waals surface area contributed by atoms with Crippen LogP contribution in [0.25, 0.3) is 0 Å². The molecule has 0 saturated carbocycles. The lowest BCUT2D eigenvalue weighted by molar-refractivity contribution is 0.0958. The van der Waals surface area contributed by atoms with Crippen LogP contribution in [0.5, 0.6) is 0 Å². The van der Waals surface area contributed by atoms with Gasteiger partial charge in [0.05, 0.1) is 6.54 Å². The van der Waals surface area contributed by atoms with Crippen molar-refractivity contribution in [2.45, 2.75) is 6.54 Å². The molecule has 0 saturated heterocycles. The van der Waals surface area contributed by atoms with Crippen molar-refractivity contribution in [3.05, 3.63) is 44.8 Å². The number of nitrogens with one attached hydrogen (secondary N) is 3. The Hall–Kier alpha value is -2.15. The predicted octanol–water partition coefficient (Wildman–Crippen LogP) is 0.803. The van der Waals surface area contributed by atoms with Gasteiger partial charge in [-0.1, -0.05) is 11.3 Å². The zero-order chi connectivity index (χ0) is 13.0. The highest BCUT2D eigenvalue weighted by atomic mass is 32.1. The molecular formula is C11H12N4O2S. The number of carbonyl (C=O) groups excluding carboxylic acids is 1. The minimum absolute atomic E-state index is 0.0763. The fourth-order valence-corrected chi connectivity index (χ4v) is 1.97. The Balaban J connectivity index is 2.05. The van der Waals surface area contributed by atoms with E-state index in [0.717, 1.165) is 22.7 Å². The zero-order valence-corrected chi connectivity index (χ0v) is 10.5. The summed E-state index contributed by atoms with van der Waals surface area (Å²) in [4.78, 5) is 28.9. The van der Waals surface area contributed by atoms with Gasteiger partial charge in [-0.2, -0.15) is 0 Å². The highest BCUT2D eigenvalue weighted by Crippen LogP contribution is 2.09. The van der Waals surface area contributed by atoms with E-state index in [1.807, 2.05) is 0 Å². The minimum Gasteiger partial charge on any atom is -0.379 e. The van der Waals surface area contributed by atoms with Gasteiger partial charge in [0.25, 0.3) is 5.91 Å². The van der Waals surface area contributed by atoms with E-state index in [9.17, 15) is 9.59 Å². The quantitative estimate of drug-likeness (QED) is 0.762. The SMILES string of the molecule is CNC(=O)c1cc(NCc2csc(=O)[nH]2)ccn1. The van der Waals surface area contributed by atoms with Crippen molar-refractivity contribution in [2.75, 3.05) is 12.4 Å². The number of hydrogen-bond acceptors (Lipinski definition) is 5. The Morgan fingerprint density at radius 3 is 3.06 bits per heavy atom. The number of H-pyrrole nitrogens is 1. The van der Waals surface area contributed by atoms with Gasteiger partial charge in [0, 0.05) is 30.0 Å². The van der Waals surface area contributed by atoms with Crippen LogP contribution >= 0.6 is 11.3 Å². The standard InChI is InChI=1S/C11H12N4O2S/c1-12-10(16)9-4-7(2-3-13-9)14-5-8-6-18-11(17)15-8/h2-4,6H,5H2,1H3,(H,12,16)(H,13,14)(H,15,17). The van der Waals surface area contributed by atoms with Crippen molar-refractivity contribution < 1.29 is 4.79 Å². The van der Waals surface area contributed by atoms with E-state index in [1.165, 1.54) is 0 Å². The van der Waals surface area contributed by atoms with E-state index < -0.39 is 0 Å². The van der Waals surface area contributed by atoms with Crippen molar-refractivity contribution >= 4 is 22.9 Å². The van der Waals surface area contributed by atoms with Gasteiger partial charge in [-0.05, 0) is 12.1 Å².